The highest BCUT2D eigenvalue weighted by Gasteiger charge is 2.36. The van der Waals surface area contributed by atoms with Gasteiger partial charge < -0.3 is 24.8 Å². The molecule has 39 heavy (non-hydrogen) atoms. The highest BCUT2D eigenvalue weighted by atomic mass is 16.6. The van der Waals surface area contributed by atoms with Gasteiger partial charge in [-0.1, -0.05) is 18.2 Å². The van der Waals surface area contributed by atoms with Gasteiger partial charge in [0.1, 0.15) is 17.1 Å². The number of aromatic nitrogens is 3. The van der Waals surface area contributed by atoms with Gasteiger partial charge in [-0.05, 0) is 59.2 Å². The number of ether oxygens (including phenoxy) is 1. The second-order valence-corrected chi connectivity index (χ2v) is 11.6. The largest absolute Gasteiger partial charge is 0.444 e. The number of hydrogen-bond donors (Lipinski definition) is 1. The van der Waals surface area contributed by atoms with E-state index in [1.165, 1.54) is 0 Å². The van der Waals surface area contributed by atoms with Crippen LogP contribution >= 0.6 is 0 Å². The van der Waals surface area contributed by atoms with Crippen molar-refractivity contribution in [2.24, 2.45) is 0 Å². The van der Waals surface area contributed by atoms with Gasteiger partial charge in [-0.25, -0.2) is 9.78 Å². The Labute approximate surface area is 229 Å². The molecule has 1 atom stereocenters. The van der Waals surface area contributed by atoms with Gasteiger partial charge in [0.05, 0.1) is 12.1 Å². The van der Waals surface area contributed by atoms with Crippen molar-refractivity contribution in [2.75, 3.05) is 29.9 Å². The fraction of sp³-hybridized carbons (Fsp3) is 0.483. The summed E-state index contributed by atoms with van der Waals surface area (Å²) in [5.74, 6) is 1.06. The number of fused-ring (bicyclic) bond motifs is 2. The fourth-order valence-electron chi connectivity index (χ4n) is 5.01. The van der Waals surface area contributed by atoms with Gasteiger partial charge in [-0.2, -0.15) is 4.98 Å². The number of amides is 2. The van der Waals surface area contributed by atoms with Crippen LogP contribution in [0.3, 0.4) is 0 Å². The van der Waals surface area contributed by atoms with Crippen molar-refractivity contribution in [1.82, 2.24) is 24.8 Å². The van der Waals surface area contributed by atoms with Gasteiger partial charge in [-0.3, -0.25) is 9.78 Å². The summed E-state index contributed by atoms with van der Waals surface area (Å²) in [5, 5.41) is 4.54. The number of rotatable bonds is 5. The fourth-order valence-corrected chi connectivity index (χ4v) is 5.01. The topological polar surface area (TPSA) is 104 Å². The van der Waals surface area contributed by atoms with Crippen LogP contribution in [0.25, 0.3) is 10.9 Å². The molecule has 10 heteroatoms. The van der Waals surface area contributed by atoms with E-state index in [4.69, 9.17) is 14.7 Å². The Hall–Kier alpha value is -3.95. The summed E-state index contributed by atoms with van der Waals surface area (Å²) in [6, 6.07) is 10.1. The first-order chi connectivity index (χ1) is 18.5. The van der Waals surface area contributed by atoms with Crippen molar-refractivity contribution in [3.05, 3.63) is 53.3 Å². The summed E-state index contributed by atoms with van der Waals surface area (Å²) >= 11 is 0. The van der Waals surface area contributed by atoms with Crippen LogP contribution in [-0.4, -0.2) is 74.1 Å². The number of hydrogen-bond acceptors (Lipinski definition) is 8. The molecule has 5 rings (SSSR count). The number of carbonyl (C=O) groups excluding carboxylic acids is 2. The molecule has 2 aliphatic rings. The number of para-hydroxylation sites is 1. The van der Waals surface area contributed by atoms with Gasteiger partial charge in [0.15, 0.2) is 0 Å². The third kappa shape index (κ3) is 5.60. The summed E-state index contributed by atoms with van der Waals surface area (Å²) in [5.41, 5.74) is 2.67. The van der Waals surface area contributed by atoms with Crippen LogP contribution in [-0.2, 0) is 17.8 Å². The molecule has 0 bridgehead atoms. The lowest BCUT2D eigenvalue weighted by molar-refractivity contribution is 0.0158. The SMILES string of the molecule is CC(C)N1Cc2c(NCc3cnc4ccccc4c3)nc(N3CCN(C(=O)OC(C)(C)C)C(C)C3)nc2C1=O. The molecule has 1 N–H and O–H groups in total. The molecule has 0 radical (unpaired) electrons. The Kier molecular flexibility index (Phi) is 7.05. The third-order valence-electron chi connectivity index (χ3n) is 7.06. The quantitative estimate of drug-likeness (QED) is 0.515. The van der Waals surface area contributed by atoms with E-state index in [0.29, 0.717) is 50.2 Å². The third-order valence-corrected chi connectivity index (χ3v) is 7.06. The molecule has 0 spiro atoms. The van der Waals surface area contributed by atoms with Gasteiger partial charge in [0.2, 0.25) is 5.95 Å². The Morgan fingerprint density at radius 1 is 1.18 bits per heavy atom. The van der Waals surface area contributed by atoms with Crippen LogP contribution in [0.2, 0.25) is 0 Å². The molecule has 3 aromatic rings. The van der Waals surface area contributed by atoms with E-state index in [-0.39, 0.29) is 24.1 Å². The molecule has 0 saturated carbocycles. The van der Waals surface area contributed by atoms with Crippen LogP contribution in [0, 0.1) is 0 Å². The predicted molar refractivity (Wildman–Crippen MR) is 151 cm³/mol. The number of carbonyl (C=O) groups is 2. The van der Waals surface area contributed by atoms with E-state index in [1.54, 1.807) is 4.90 Å². The second-order valence-electron chi connectivity index (χ2n) is 11.6. The van der Waals surface area contributed by atoms with Crippen LogP contribution in [0.4, 0.5) is 16.6 Å². The van der Waals surface area contributed by atoms with Crippen molar-refractivity contribution in [2.45, 2.75) is 72.3 Å². The molecule has 2 aromatic heterocycles. The molecular formula is C29H37N7O3. The number of pyridine rings is 1. The average molecular weight is 532 g/mol. The lowest BCUT2D eigenvalue weighted by atomic mass is 10.1. The molecule has 2 aliphatic heterocycles. The first-order valence-electron chi connectivity index (χ1n) is 13.5. The molecule has 1 unspecified atom stereocenters. The van der Waals surface area contributed by atoms with Crippen LogP contribution in [0.5, 0.6) is 0 Å². The Bertz CT molecular complexity index is 1400. The maximum Gasteiger partial charge on any atom is 0.410 e. The molecule has 0 aliphatic carbocycles. The van der Waals surface area contributed by atoms with Crippen molar-refractivity contribution in [1.29, 1.82) is 0 Å². The number of anilines is 2. The molecule has 1 saturated heterocycles. The van der Waals surface area contributed by atoms with Gasteiger partial charge in [0.25, 0.3) is 5.91 Å². The molecule has 10 nitrogen and oxygen atoms in total. The summed E-state index contributed by atoms with van der Waals surface area (Å²) < 4.78 is 5.59. The molecule has 1 fully saturated rings. The molecular weight excluding hydrogens is 494 g/mol. The van der Waals surface area contributed by atoms with Crippen molar-refractivity contribution in [3.63, 3.8) is 0 Å². The number of nitrogens with zero attached hydrogens (tertiary/aromatic N) is 6. The first kappa shape index (κ1) is 26.6. The summed E-state index contributed by atoms with van der Waals surface area (Å²) in [6.07, 6.45) is 1.54. The van der Waals surface area contributed by atoms with Crippen LogP contribution < -0.4 is 10.2 Å². The van der Waals surface area contributed by atoms with Gasteiger partial charge >= 0.3 is 6.09 Å². The van der Waals surface area contributed by atoms with Gasteiger partial charge in [-0.15, -0.1) is 0 Å². The van der Waals surface area contributed by atoms with Crippen molar-refractivity contribution < 1.29 is 14.3 Å². The van der Waals surface area contributed by atoms with E-state index in [9.17, 15) is 9.59 Å². The molecule has 1 aromatic carbocycles. The minimum atomic E-state index is -0.555. The minimum Gasteiger partial charge on any atom is -0.444 e. The average Bonchev–Trinajstić information content (AvgIpc) is 3.22. The number of benzene rings is 1. The summed E-state index contributed by atoms with van der Waals surface area (Å²) in [7, 11) is 0. The Morgan fingerprint density at radius 3 is 2.67 bits per heavy atom. The normalized spacial score (nSPS) is 17.7. The highest BCUT2D eigenvalue weighted by Crippen LogP contribution is 2.31. The molecule has 206 valence electrons. The van der Waals surface area contributed by atoms with E-state index in [1.807, 2.05) is 81.8 Å². The zero-order valence-corrected chi connectivity index (χ0v) is 23.6. The minimum absolute atomic E-state index is 0.0464. The summed E-state index contributed by atoms with van der Waals surface area (Å²) in [6.45, 7) is 14.1. The van der Waals surface area contributed by atoms with Crippen molar-refractivity contribution in [3.8, 4) is 0 Å². The maximum absolute atomic E-state index is 13.3. The maximum atomic E-state index is 13.3. The number of piperazine rings is 1. The lowest BCUT2D eigenvalue weighted by Crippen LogP contribution is -2.55. The van der Waals surface area contributed by atoms with Gasteiger partial charge in [0, 0.05) is 55.4 Å². The smallest absolute Gasteiger partial charge is 0.410 e. The zero-order chi connectivity index (χ0) is 27.9. The second kappa shape index (κ2) is 10.3. The Balaban J connectivity index is 1.40. The predicted octanol–water partition coefficient (Wildman–Crippen LogP) is 4.45. The van der Waals surface area contributed by atoms with E-state index >= 15 is 0 Å². The van der Waals surface area contributed by atoms with Crippen LogP contribution in [0.1, 0.15) is 63.2 Å². The van der Waals surface area contributed by atoms with Crippen molar-refractivity contribution >= 4 is 34.7 Å². The standard InChI is InChI=1S/C29H37N7O3/c1-18(2)36-17-22-24(26(36)37)32-27(34-11-12-35(19(3)16-34)28(38)39-29(4,5)6)33-25(22)31-15-20-13-21-9-7-8-10-23(21)30-14-20/h7-10,13-14,18-19H,11-12,15-17H2,1-6H3,(H,31,32,33). The first-order valence-corrected chi connectivity index (χ1v) is 13.5. The lowest BCUT2D eigenvalue weighted by Gasteiger charge is -2.40. The summed E-state index contributed by atoms with van der Waals surface area (Å²) in [4.78, 5) is 45.8. The Morgan fingerprint density at radius 2 is 1.95 bits per heavy atom. The number of nitrogens with one attached hydrogen (secondary N) is 1. The van der Waals surface area contributed by atoms with Crippen LogP contribution in [0.15, 0.2) is 36.5 Å². The zero-order valence-electron chi connectivity index (χ0n) is 23.6. The van der Waals surface area contributed by atoms with E-state index in [0.717, 1.165) is 22.0 Å². The molecule has 2 amide bonds. The van der Waals surface area contributed by atoms with E-state index < -0.39 is 5.60 Å². The monoisotopic (exact) mass is 531 g/mol. The molecule has 4 heterocycles. The van der Waals surface area contributed by atoms with E-state index in [2.05, 4.69) is 16.4 Å². The highest BCUT2D eigenvalue weighted by molar-refractivity contribution is 5.98.